The number of thioether (sulfide) groups is 1. The van der Waals surface area contributed by atoms with E-state index in [1.54, 1.807) is 41.6 Å². The summed E-state index contributed by atoms with van der Waals surface area (Å²) in [5.74, 6) is 0.848. The van der Waals surface area contributed by atoms with Crippen molar-refractivity contribution in [2.75, 3.05) is 13.2 Å². The molecule has 6 nitrogen and oxygen atoms in total. The molecular formula is C16H19N3O3S. The molecule has 1 fully saturated rings. The van der Waals surface area contributed by atoms with Gasteiger partial charge in [-0.3, -0.25) is 14.2 Å². The summed E-state index contributed by atoms with van der Waals surface area (Å²) in [6.07, 6.45) is 2.05. The molecule has 0 saturated carbocycles. The van der Waals surface area contributed by atoms with Crippen LogP contribution >= 0.6 is 11.8 Å². The van der Waals surface area contributed by atoms with Gasteiger partial charge in [0.15, 0.2) is 0 Å². The molecule has 1 aliphatic rings. The molecule has 1 saturated heterocycles. The van der Waals surface area contributed by atoms with E-state index in [-0.39, 0.29) is 5.56 Å². The Morgan fingerprint density at radius 3 is 2.87 bits per heavy atom. The van der Waals surface area contributed by atoms with Crippen molar-refractivity contribution in [1.82, 2.24) is 9.55 Å². The van der Waals surface area contributed by atoms with Crippen LogP contribution < -0.4 is 11.3 Å². The van der Waals surface area contributed by atoms with E-state index in [4.69, 9.17) is 10.5 Å². The lowest BCUT2D eigenvalue weighted by atomic mass is 10.1. The number of hydrogen-bond acceptors (Lipinski definition) is 5. The molecule has 2 heterocycles. The number of hydrogen-bond donors (Lipinski definition) is 1. The molecule has 2 aromatic rings. The summed E-state index contributed by atoms with van der Waals surface area (Å²) in [6.45, 7) is 1.59. The van der Waals surface area contributed by atoms with E-state index < -0.39 is 5.91 Å². The number of fused-ring (bicyclic) bond motifs is 1. The van der Waals surface area contributed by atoms with Crippen LogP contribution in [0.2, 0.25) is 0 Å². The zero-order valence-electron chi connectivity index (χ0n) is 12.9. The molecule has 23 heavy (non-hydrogen) atoms. The third kappa shape index (κ3) is 3.40. The van der Waals surface area contributed by atoms with Gasteiger partial charge in [0.25, 0.3) is 5.56 Å². The molecule has 7 heteroatoms. The number of nitrogens with zero attached hydrogens (tertiary/aromatic N) is 2. The molecule has 1 aromatic heterocycles. The lowest BCUT2D eigenvalue weighted by Crippen LogP contribution is -2.23. The molecule has 122 valence electrons. The highest BCUT2D eigenvalue weighted by molar-refractivity contribution is 7.99. The van der Waals surface area contributed by atoms with Crippen LogP contribution in [0.1, 0.15) is 29.0 Å². The molecular weight excluding hydrogens is 314 g/mol. The first kappa shape index (κ1) is 16.0. The Morgan fingerprint density at radius 1 is 1.43 bits per heavy atom. The fourth-order valence-electron chi connectivity index (χ4n) is 2.63. The van der Waals surface area contributed by atoms with Crippen molar-refractivity contribution in [3.05, 3.63) is 39.9 Å². The average Bonchev–Trinajstić information content (AvgIpc) is 2.57. The van der Waals surface area contributed by atoms with Crippen LogP contribution in [-0.4, -0.2) is 33.9 Å². The number of carbonyl (C=O) groups excluding carboxylic acids is 1. The minimum Gasteiger partial charge on any atom is -0.381 e. The Hall–Kier alpha value is -1.86. The highest BCUT2D eigenvalue weighted by Gasteiger charge is 2.16. The van der Waals surface area contributed by atoms with Crippen molar-refractivity contribution >= 4 is 28.6 Å². The van der Waals surface area contributed by atoms with Gasteiger partial charge in [-0.25, -0.2) is 4.98 Å². The largest absolute Gasteiger partial charge is 0.381 e. The maximum atomic E-state index is 12.5. The molecule has 0 atom stereocenters. The van der Waals surface area contributed by atoms with Gasteiger partial charge < -0.3 is 10.5 Å². The van der Waals surface area contributed by atoms with Crippen LogP contribution in [0.4, 0.5) is 0 Å². The number of rotatable bonds is 4. The van der Waals surface area contributed by atoms with Crippen LogP contribution in [0.3, 0.4) is 0 Å². The molecule has 0 bridgehead atoms. The van der Waals surface area contributed by atoms with Gasteiger partial charge in [0.05, 0.1) is 16.7 Å². The van der Waals surface area contributed by atoms with Crippen molar-refractivity contribution in [3.8, 4) is 0 Å². The maximum absolute atomic E-state index is 12.5. The number of aromatic nitrogens is 2. The predicted octanol–water partition coefficient (Wildman–Crippen LogP) is 1.44. The van der Waals surface area contributed by atoms with Crippen molar-refractivity contribution < 1.29 is 9.53 Å². The Kier molecular flexibility index (Phi) is 4.68. The van der Waals surface area contributed by atoms with Gasteiger partial charge in [-0.15, -0.1) is 0 Å². The van der Waals surface area contributed by atoms with Gasteiger partial charge in [-0.05, 0) is 31.0 Å². The molecule has 1 aliphatic heterocycles. The minimum absolute atomic E-state index is 0.103. The summed E-state index contributed by atoms with van der Waals surface area (Å²) in [5, 5.41) is 1.03. The number of primary amides is 1. The van der Waals surface area contributed by atoms with Crippen LogP contribution in [0.25, 0.3) is 10.9 Å². The average molecular weight is 333 g/mol. The third-order valence-corrected chi connectivity index (χ3v) is 5.44. The summed E-state index contributed by atoms with van der Waals surface area (Å²) >= 11 is 1.80. The fraction of sp³-hybridized carbons (Fsp3) is 0.438. The smallest absolute Gasteiger partial charge is 0.261 e. The Balaban J connectivity index is 1.91. The van der Waals surface area contributed by atoms with Gasteiger partial charge in [0, 0.05) is 31.1 Å². The van der Waals surface area contributed by atoms with E-state index in [2.05, 4.69) is 4.98 Å². The Morgan fingerprint density at radius 2 is 2.17 bits per heavy atom. The van der Waals surface area contributed by atoms with Gasteiger partial charge in [0.2, 0.25) is 5.91 Å². The highest BCUT2D eigenvalue weighted by atomic mass is 32.2. The zero-order chi connectivity index (χ0) is 16.4. The predicted molar refractivity (Wildman–Crippen MR) is 90.6 cm³/mol. The SMILES string of the molecule is Cn1c(CSC2CCOCC2)nc2cc(C(N)=O)ccc2c1=O. The Labute approximate surface area is 138 Å². The number of amides is 1. The lowest BCUT2D eigenvalue weighted by Gasteiger charge is -2.21. The second-order valence-electron chi connectivity index (χ2n) is 5.61. The maximum Gasteiger partial charge on any atom is 0.261 e. The lowest BCUT2D eigenvalue weighted by molar-refractivity contribution is 0.0997. The molecule has 2 N–H and O–H groups in total. The monoisotopic (exact) mass is 333 g/mol. The number of ether oxygens (including phenoxy) is 1. The first-order valence-corrected chi connectivity index (χ1v) is 8.60. The normalized spacial score (nSPS) is 15.9. The quantitative estimate of drug-likeness (QED) is 0.915. The summed E-state index contributed by atoms with van der Waals surface area (Å²) in [4.78, 5) is 28.3. The van der Waals surface area contributed by atoms with Crippen molar-refractivity contribution in [2.24, 2.45) is 12.8 Å². The van der Waals surface area contributed by atoms with Gasteiger partial charge >= 0.3 is 0 Å². The topological polar surface area (TPSA) is 87.2 Å². The summed E-state index contributed by atoms with van der Waals surface area (Å²) in [5.41, 5.74) is 6.08. The fourth-order valence-corrected chi connectivity index (χ4v) is 3.80. The van der Waals surface area contributed by atoms with Crippen molar-refractivity contribution in [2.45, 2.75) is 23.8 Å². The second-order valence-corrected chi connectivity index (χ2v) is 6.90. The van der Waals surface area contributed by atoms with E-state index in [9.17, 15) is 9.59 Å². The second kappa shape index (κ2) is 6.72. The third-order valence-electron chi connectivity index (χ3n) is 4.07. The summed E-state index contributed by atoms with van der Waals surface area (Å²) in [6, 6.07) is 4.76. The molecule has 0 aliphatic carbocycles. The molecule has 0 unspecified atom stereocenters. The molecule has 0 spiro atoms. The number of carbonyl (C=O) groups is 1. The summed E-state index contributed by atoms with van der Waals surface area (Å²) < 4.78 is 6.94. The highest BCUT2D eigenvalue weighted by Crippen LogP contribution is 2.25. The molecule has 3 rings (SSSR count). The van der Waals surface area contributed by atoms with E-state index in [1.807, 2.05) is 0 Å². The van der Waals surface area contributed by atoms with Crippen LogP contribution in [0.5, 0.6) is 0 Å². The van der Waals surface area contributed by atoms with Gasteiger partial charge in [-0.1, -0.05) is 0 Å². The van der Waals surface area contributed by atoms with Crippen molar-refractivity contribution in [3.63, 3.8) is 0 Å². The molecule has 1 aromatic carbocycles. The van der Waals surface area contributed by atoms with Crippen LogP contribution in [0, 0.1) is 0 Å². The first-order valence-electron chi connectivity index (χ1n) is 7.55. The van der Waals surface area contributed by atoms with E-state index in [0.29, 0.717) is 33.3 Å². The van der Waals surface area contributed by atoms with E-state index >= 15 is 0 Å². The van der Waals surface area contributed by atoms with Gasteiger partial charge in [-0.2, -0.15) is 11.8 Å². The molecule has 0 radical (unpaired) electrons. The Bertz CT molecular complexity index is 797. The van der Waals surface area contributed by atoms with E-state index in [0.717, 1.165) is 26.1 Å². The van der Waals surface area contributed by atoms with E-state index in [1.165, 1.54) is 0 Å². The minimum atomic E-state index is -0.521. The van der Waals surface area contributed by atoms with Crippen LogP contribution in [0.15, 0.2) is 23.0 Å². The molecule has 1 amide bonds. The first-order chi connectivity index (χ1) is 11.1. The number of nitrogens with two attached hydrogens (primary N) is 1. The van der Waals surface area contributed by atoms with Crippen molar-refractivity contribution in [1.29, 1.82) is 0 Å². The van der Waals surface area contributed by atoms with Crippen LogP contribution in [-0.2, 0) is 17.5 Å². The van der Waals surface area contributed by atoms with Gasteiger partial charge in [0.1, 0.15) is 5.82 Å². The number of benzene rings is 1. The standard InChI is InChI=1S/C16H19N3O3S/c1-19-14(9-23-11-4-6-22-7-5-11)18-13-8-10(15(17)20)2-3-12(13)16(19)21/h2-3,8,11H,4-7,9H2,1H3,(H2,17,20). The zero-order valence-corrected chi connectivity index (χ0v) is 13.8. The summed E-state index contributed by atoms with van der Waals surface area (Å²) in [7, 11) is 1.73.